The van der Waals surface area contributed by atoms with Crippen molar-refractivity contribution in [1.29, 1.82) is 0 Å². The minimum atomic E-state index is 0.180. The van der Waals surface area contributed by atoms with Crippen molar-refractivity contribution < 1.29 is 4.74 Å². The molecule has 0 aromatic heterocycles. The minimum absolute atomic E-state index is 0.180. The normalized spacial score (nSPS) is 29.7. The molecule has 11 heavy (non-hydrogen) atoms. The predicted octanol–water partition coefficient (Wildman–Crippen LogP) is 1.76. The maximum absolute atomic E-state index is 5.57. The zero-order valence-electron chi connectivity index (χ0n) is 7.98. The van der Waals surface area contributed by atoms with Crippen molar-refractivity contribution >= 4 is 0 Å². The molecule has 1 fully saturated rings. The maximum Gasteiger partial charge on any atom is 0.108 e. The highest BCUT2D eigenvalue weighted by molar-refractivity contribution is 4.84. The molecule has 1 atom stereocenters. The Balaban J connectivity index is 2.31. The third-order valence-corrected chi connectivity index (χ3v) is 1.88. The molecular formula is C9H19NO. The Hall–Kier alpha value is -0.0800. The molecule has 1 N–H and O–H groups in total. The van der Waals surface area contributed by atoms with Crippen LogP contribution in [0, 0.1) is 5.92 Å². The number of hydrogen-bond donors (Lipinski definition) is 1. The van der Waals surface area contributed by atoms with E-state index in [0.717, 1.165) is 13.0 Å². The van der Waals surface area contributed by atoms with Gasteiger partial charge in [-0.25, -0.2) is 0 Å². The molecule has 1 aliphatic heterocycles. The first-order valence-corrected chi connectivity index (χ1v) is 4.39. The fourth-order valence-electron chi connectivity index (χ4n) is 1.38. The van der Waals surface area contributed by atoms with E-state index >= 15 is 0 Å². The van der Waals surface area contributed by atoms with Gasteiger partial charge in [0.2, 0.25) is 0 Å². The quantitative estimate of drug-likeness (QED) is 0.659. The Bertz CT molecular complexity index is 132. The van der Waals surface area contributed by atoms with Crippen molar-refractivity contribution in [2.24, 2.45) is 5.92 Å². The highest BCUT2D eigenvalue weighted by Crippen LogP contribution is 2.18. The van der Waals surface area contributed by atoms with Crippen LogP contribution in [0.2, 0.25) is 0 Å². The van der Waals surface area contributed by atoms with Crippen molar-refractivity contribution in [3.63, 3.8) is 0 Å². The van der Waals surface area contributed by atoms with Crippen LogP contribution in [0.15, 0.2) is 0 Å². The molecule has 0 aromatic carbocycles. The summed E-state index contributed by atoms with van der Waals surface area (Å²) in [5, 5.41) is 3.44. The van der Waals surface area contributed by atoms with Gasteiger partial charge in [-0.15, -0.1) is 0 Å². The molecule has 2 heteroatoms. The first-order chi connectivity index (χ1) is 4.99. The molecule has 0 amide bonds. The molecule has 0 bridgehead atoms. The zero-order valence-corrected chi connectivity index (χ0v) is 7.98. The van der Waals surface area contributed by atoms with E-state index in [4.69, 9.17) is 4.74 Å². The highest BCUT2D eigenvalue weighted by atomic mass is 16.5. The monoisotopic (exact) mass is 157 g/mol. The molecular weight excluding hydrogens is 138 g/mol. The van der Waals surface area contributed by atoms with Crippen LogP contribution in [-0.2, 0) is 4.74 Å². The van der Waals surface area contributed by atoms with Gasteiger partial charge in [-0.1, -0.05) is 13.8 Å². The molecule has 0 aromatic rings. The lowest BCUT2D eigenvalue weighted by Crippen LogP contribution is -2.39. The van der Waals surface area contributed by atoms with Gasteiger partial charge in [0.05, 0.1) is 6.61 Å². The molecule has 0 aliphatic carbocycles. The Morgan fingerprint density at radius 3 is 2.55 bits per heavy atom. The van der Waals surface area contributed by atoms with E-state index in [2.05, 4.69) is 33.0 Å². The molecule has 1 heterocycles. The minimum Gasteiger partial charge on any atom is -0.361 e. The maximum atomic E-state index is 5.57. The average molecular weight is 157 g/mol. The van der Waals surface area contributed by atoms with Crippen molar-refractivity contribution in [1.82, 2.24) is 5.32 Å². The first kappa shape index (κ1) is 9.01. The number of rotatable bonds is 2. The Labute approximate surface area is 69.3 Å². The Morgan fingerprint density at radius 2 is 2.18 bits per heavy atom. The second-order valence-electron chi connectivity index (χ2n) is 4.46. The van der Waals surface area contributed by atoms with Gasteiger partial charge in [0.1, 0.15) is 6.23 Å². The van der Waals surface area contributed by atoms with Gasteiger partial charge in [0.25, 0.3) is 0 Å². The summed E-state index contributed by atoms with van der Waals surface area (Å²) in [5.74, 6) is 0.710. The van der Waals surface area contributed by atoms with Gasteiger partial charge < -0.3 is 4.74 Å². The second kappa shape index (κ2) is 3.11. The van der Waals surface area contributed by atoms with Gasteiger partial charge in [-0.3, -0.25) is 5.32 Å². The van der Waals surface area contributed by atoms with Crippen molar-refractivity contribution in [2.75, 3.05) is 6.61 Å². The van der Waals surface area contributed by atoms with Crippen molar-refractivity contribution in [2.45, 2.75) is 45.9 Å². The molecule has 1 rings (SSSR count). The van der Waals surface area contributed by atoms with Crippen LogP contribution in [0.5, 0.6) is 0 Å². The summed E-state index contributed by atoms with van der Waals surface area (Å²) in [4.78, 5) is 0. The third kappa shape index (κ3) is 2.80. The average Bonchev–Trinajstić information content (AvgIpc) is 2.08. The molecule has 2 nitrogen and oxygen atoms in total. The van der Waals surface area contributed by atoms with Gasteiger partial charge in [-0.05, 0) is 26.2 Å². The van der Waals surface area contributed by atoms with E-state index in [9.17, 15) is 0 Å². The van der Waals surface area contributed by atoms with Crippen LogP contribution in [0.4, 0.5) is 0 Å². The van der Waals surface area contributed by atoms with Gasteiger partial charge in [0, 0.05) is 5.54 Å². The van der Waals surface area contributed by atoms with E-state index in [1.165, 1.54) is 0 Å². The highest BCUT2D eigenvalue weighted by Gasteiger charge is 2.30. The van der Waals surface area contributed by atoms with E-state index in [-0.39, 0.29) is 11.8 Å². The topological polar surface area (TPSA) is 21.3 Å². The van der Waals surface area contributed by atoms with Crippen LogP contribution in [0.3, 0.4) is 0 Å². The summed E-state index contributed by atoms with van der Waals surface area (Å²) in [6.45, 7) is 9.62. The van der Waals surface area contributed by atoms with Crippen LogP contribution in [0.1, 0.15) is 34.1 Å². The lowest BCUT2D eigenvalue weighted by molar-refractivity contribution is 0.0819. The summed E-state index contributed by atoms with van der Waals surface area (Å²) in [6.07, 6.45) is 1.40. The summed E-state index contributed by atoms with van der Waals surface area (Å²) in [6, 6.07) is 0. The zero-order chi connectivity index (χ0) is 8.48. The van der Waals surface area contributed by atoms with Crippen LogP contribution in [-0.4, -0.2) is 18.4 Å². The van der Waals surface area contributed by atoms with Crippen molar-refractivity contribution in [3.8, 4) is 0 Å². The van der Waals surface area contributed by atoms with E-state index in [0.29, 0.717) is 5.92 Å². The van der Waals surface area contributed by atoms with Gasteiger partial charge in [0.15, 0.2) is 0 Å². The van der Waals surface area contributed by atoms with Crippen molar-refractivity contribution in [3.05, 3.63) is 0 Å². The Morgan fingerprint density at radius 1 is 1.55 bits per heavy atom. The molecule has 0 unspecified atom stereocenters. The molecule has 66 valence electrons. The second-order valence-corrected chi connectivity index (χ2v) is 4.46. The van der Waals surface area contributed by atoms with E-state index in [1.807, 2.05) is 0 Å². The van der Waals surface area contributed by atoms with Gasteiger partial charge >= 0.3 is 0 Å². The summed E-state index contributed by atoms with van der Waals surface area (Å²) in [7, 11) is 0. The number of hydrogen-bond acceptors (Lipinski definition) is 2. The summed E-state index contributed by atoms with van der Waals surface area (Å²) in [5.41, 5.74) is 0.180. The van der Waals surface area contributed by atoms with Crippen LogP contribution < -0.4 is 5.32 Å². The fourth-order valence-corrected chi connectivity index (χ4v) is 1.38. The standard InChI is InChI=1S/C9H19NO/c1-7(2)5-8-10-9(3,4)6-11-8/h7-8,10H,5-6H2,1-4H3/t8-/m1/s1. The molecule has 0 spiro atoms. The first-order valence-electron chi connectivity index (χ1n) is 4.39. The lowest BCUT2D eigenvalue weighted by atomic mass is 10.1. The number of ether oxygens (including phenoxy) is 1. The molecule has 0 radical (unpaired) electrons. The van der Waals surface area contributed by atoms with E-state index < -0.39 is 0 Å². The Kier molecular flexibility index (Phi) is 2.55. The van der Waals surface area contributed by atoms with Crippen LogP contribution in [0.25, 0.3) is 0 Å². The predicted molar refractivity (Wildman–Crippen MR) is 46.4 cm³/mol. The van der Waals surface area contributed by atoms with Gasteiger partial charge in [-0.2, -0.15) is 0 Å². The largest absolute Gasteiger partial charge is 0.361 e. The van der Waals surface area contributed by atoms with Crippen LogP contribution >= 0.6 is 0 Å². The summed E-state index contributed by atoms with van der Waals surface area (Å²) < 4.78 is 5.57. The van der Waals surface area contributed by atoms with E-state index in [1.54, 1.807) is 0 Å². The number of nitrogens with one attached hydrogen (secondary N) is 1. The fraction of sp³-hybridized carbons (Fsp3) is 1.00. The molecule has 1 aliphatic rings. The smallest absolute Gasteiger partial charge is 0.108 e. The molecule has 0 saturated carbocycles. The SMILES string of the molecule is CC(C)C[C@@H]1NC(C)(C)CO1. The third-order valence-electron chi connectivity index (χ3n) is 1.88. The summed E-state index contributed by atoms with van der Waals surface area (Å²) >= 11 is 0. The molecule has 1 saturated heterocycles. The lowest BCUT2D eigenvalue weighted by Gasteiger charge is -2.17.